The number of anilines is 3. The molecule has 8 aromatic rings. The molecule has 3 heteroatoms. The second kappa shape index (κ2) is 13.9. The van der Waals surface area contributed by atoms with Crippen molar-refractivity contribution in [3.63, 3.8) is 0 Å². The maximum atomic E-state index is 4.99. The molecule has 0 aliphatic heterocycles. The highest BCUT2D eigenvalue weighted by Gasteiger charge is 2.38. The summed E-state index contributed by atoms with van der Waals surface area (Å²) in [5.41, 5.74) is 11.2. The van der Waals surface area contributed by atoms with Crippen LogP contribution in [0.5, 0.6) is 0 Å². The molecule has 0 aliphatic carbocycles. The molecule has 0 saturated heterocycles. The number of rotatable bonds is 9. The Morgan fingerprint density at radius 3 is 1.26 bits per heavy atom. The van der Waals surface area contributed by atoms with Crippen molar-refractivity contribution in [3.05, 3.63) is 235 Å². The zero-order valence-corrected chi connectivity index (χ0v) is 27.5. The van der Waals surface area contributed by atoms with E-state index >= 15 is 0 Å². The summed E-state index contributed by atoms with van der Waals surface area (Å²) in [6, 6.07) is 72.8. The van der Waals surface area contributed by atoms with Gasteiger partial charge in [0.05, 0.1) is 22.5 Å². The van der Waals surface area contributed by atoms with Crippen molar-refractivity contribution in [3.8, 4) is 22.6 Å². The first-order valence-corrected chi connectivity index (χ1v) is 16.9. The number of benzene rings is 6. The Bertz CT molecular complexity index is 2190. The molecule has 0 spiro atoms. The van der Waals surface area contributed by atoms with Gasteiger partial charge in [-0.1, -0.05) is 146 Å². The van der Waals surface area contributed by atoms with Crippen LogP contribution in [-0.4, -0.2) is 9.97 Å². The summed E-state index contributed by atoms with van der Waals surface area (Å²) in [5, 5.41) is 0. The summed E-state index contributed by atoms with van der Waals surface area (Å²) in [6.45, 7) is 0. The van der Waals surface area contributed by atoms with Crippen molar-refractivity contribution < 1.29 is 0 Å². The number of pyridine rings is 2. The van der Waals surface area contributed by atoms with Crippen molar-refractivity contribution in [2.75, 3.05) is 4.90 Å². The van der Waals surface area contributed by atoms with Gasteiger partial charge in [-0.25, -0.2) is 4.98 Å². The molecule has 0 N–H and O–H groups in total. The molecule has 0 unspecified atom stereocenters. The molecule has 3 nitrogen and oxygen atoms in total. The lowest BCUT2D eigenvalue weighted by molar-refractivity contribution is 0.745. The molecule has 6 aromatic carbocycles. The first-order valence-electron chi connectivity index (χ1n) is 16.9. The zero-order valence-electron chi connectivity index (χ0n) is 27.5. The SMILES string of the molecule is c1ccc(N(c2ccccc2)c2ccc(C(c3ccccc3)(c3ccccc3)c3ccc(-c4cccc(-c5ccccn5)n4)cc3)cc2)cc1. The van der Waals surface area contributed by atoms with E-state index in [1.54, 1.807) is 6.20 Å². The number of hydrogen-bond donors (Lipinski definition) is 0. The van der Waals surface area contributed by atoms with E-state index in [2.05, 4.69) is 186 Å². The molecule has 0 bridgehead atoms. The number of nitrogens with zero attached hydrogens (tertiary/aromatic N) is 3. The molecule has 0 atom stereocenters. The van der Waals surface area contributed by atoms with Gasteiger partial charge in [-0.3, -0.25) is 4.98 Å². The van der Waals surface area contributed by atoms with Crippen LogP contribution in [0.3, 0.4) is 0 Å². The molecular weight excluding hydrogens is 607 g/mol. The lowest BCUT2D eigenvalue weighted by atomic mass is 9.65. The van der Waals surface area contributed by atoms with Gasteiger partial charge in [-0.15, -0.1) is 0 Å². The average molecular weight is 642 g/mol. The number of para-hydroxylation sites is 2. The van der Waals surface area contributed by atoms with Crippen LogP contribution in [0.2, 0.25) is 0 Å². The van der Waals surface area contributed by atoms with Gasteiger partial charge in [0.1, 0.15) is 0 Å². The maximum Gasteiger partial charge on any atom is 0.0893 e. The molecule has 0 fully saturated rings. The van der Waals surface area contributed by atoms with Gasteiger partial charge < -0.3 is 4.90 Å². The van der Waals surface area contributed by atoms with E-state index in [9.17, 15) is 0 Å². The van der Waals surface area contributed by atoms with Gasteiger partial charge in [0.15, 0.2) is 0 Å². The van der Waals surface area contributed by atoms with Gasteiger partial charge in [-0.05, 0) is 82.9 Å². The highest BCUT2D eigenvalue weighted by atomic mass is 15.1. The standard InChI is InChI=1S/C47H35N3/c1-5-16-37(17-6-1)47(38-18-7-2-8-19-38,39-29-27-36(28-30-39)44-25-15-26-46(49-44)45-24-13-14-35-48-45)40-31-33-43(34-32-40)50(41-20-9-3-10-21-41)42-22-11-4-12-23-42/h1-35H. The van der Waals surface area contributed by atoms with Gasteiger partial charge in [-0.2, -0.15) is 0 Å². The Morgan fingerprint density at radius 2 is 0.740 bits per heavy atom. The molecule has 2 aromatic heterocycles. The lowest BCUT2D eigenvalue weighted by Gasteiger charge is -2.37. The summed E-state index contributed by atoms with van der Waals surface area (Å²) < 4.78 is 0. The van der Waals surface area contributed by atoms with Crippen molar-refractivity contribution in [2.45, 2.75) is 5.41 Å². The van der Waals surface area contributed by atoms with E-state index in [4.69, 9.17) is 4.98 Å². The molecule has 8 rings (SSSR count). The van der Waals surface area contributed by atoms with E-state index in [1.807, 2.05) is 30.3 Å². The predicted molar refractivity (Wildman–Crippen MR) is 206 cm³/mol. The van der Waals surface area contributed by atoms with E-state index in [0.29, 0.717) is 0 Å². The first-order chi connectivity index (χ1) is 24.8. The van der Waals surface area contributed by atoms with Crippen molar-refractivity contribution in [1.82, 2.24) is 9.97 Å². The van der Waals surface area contributed by atoms with Crippen LogP contribution in [0.4, 0.5) is 17.1 Å². The predicted octanol–water partition coefficient (Wildman–Crippen LogP) is 11.7. The zero-order chi connectivity index (χ0) is 33.6. The molecule has 2 heterocycles. The second-order valence-electron chi connectivity index (χ2n) is 12.2. The summed E-state index contributed by atoms with van der Waals surface area (Å²) in [5.74, 6) is 0. The van der Waals surface area contributed by atoms with Gasteiger partial charge in [0, 0.05) is 28.8 Å². The first kappa shape index (κ1) is 30.7. The van der Waals surface area contributed by atoms with E-state index in [1.165, 1.54) is 22.3 Å². The fourth-order valence-electron chi connectivity index (χ4n) is 6.98. The summed E-state index contributed by atoms with van der Waals surface area (Å²) in [6.07, 6.45) is 1.80. The Balaban J connectivity index is 1.27. The summed E-state index contributed by atoms with van der Waals surface area (Å²) in [7, 11) is 0. The smallest absolute Gasteiger partial charge is 0.0893 e. The van der Waals surface area contributed by atoms with Crippen molar-refractivity contribution in [1.29, 1.82) is 0 Å². The van der Waals surface area contributed by atoms with Crippen LogP contribution in [-0.2, 0) is 5.41 Å². The minimum Gasteiger partial charge on any atom is -0.311 e. The quantitative estimate of drug-likeness (QED) is 0.147. The largest absolute Gasteiger partial charge is 0.311 e. The number of hydrogen-bond acceptors (Lipinski definition) is 3. The van der Waals surface area contributed by atoms with E-state index in [0.717, 1.165) is 39.7 Å². The third-order valence-corrected chi connectivity index (χ3v) is 9.29. The normalized spacial score (nSPS) is 11.2. The molecule has 0 radical (unpaired) electrons. The monoisotopic (exact) mass is 641 g/mol. The van der Waals surface area contributed by atoms with Crippen LogP contribution in [0.25, 0.3) is 22.6 Å². The van der Waals surface area contributed by atoms with Crippen LogP contribution < -0.4 is 4.90 Å². The topological polar surface area (TPSA) is 29.0 Å². The number of aromatic nitrogens is 2. The average Bonchev–Trinajstić information content (AvgIpc) is 3.21. The molecule has 238 valence electrons. The van der Waals surface area contributed by atoms with Gasteiger partial charge in [0.2, 0.25) is 0 Å². The Morgan fingerprint density at radius 1 is 0.320 bits per heavy atom. The molecule has 0 saturated carbocycles. The van der Waals surface area contributed by atoms with Crippen LogP contribution in [0.15, 0.2) is 212 Å². The van der Waals surface area contributed by atoms with Crippen LogP contribution in [0.1, 0.15) is 22.3 Å². The summed E-state index contributed by atoms with van der Waals surface area (Å²) >= 11 is 0. The molecular formula is C47H35N3. The van der Waals surface area contributed by atoms with E-state index < -0.39 is 5.41 Å². The highest BCUT2D eigenvalue weighted by molar-refractivity contribution is 5.77. The molecule has 0 amide bonds. The van der Waals surface area contributed by atoms with Crippen LogP contribution >= 0.6 is 0 Å². The Hall–Kier alpha value is -6.58. The maximum absolute atomic E-state index is 4.99. The van der Waals surface area contributed by atoms with Gasteiger partial charge >= 0.3 is 0 Å². The molecule has 0 aliphatic rings. The minimum absolute atomic E-state index is 0.576. The third kappa shape index (κ3) is 5.86. The fraction of sp³-hybridized carbons (Fsp3) is 0.0213. The third-order valence-electron chi connectivity index (χ3n) is 9.29. The Labute approximate surface area is 293 Å². The fourth-order valence-corrected chi connectivity index (χ4v) is 6.98. The van der Waals surface area contributed by atoms with E-state index in [-0.39, 0.29) is 0 Å². The second-order valence-corrected chi connectivity index (χ2v) is 12.2. The minimum atomic E-state index is -0.576. The van der Waals surface area contributed by atoms with Crippen LogP contribution in [0, 0.1) is 0 Å². The summed E-state index contributed by atoms with van der Waals surface area (Å²) in [4.78, 5) is 11.8. The van der Waals surface area contributed by atoms with Gasteiger partial charge in [0.25, 0.3) is 0 Å². The van der Waals surface area contributed by atoms with Crippen molar-refractivity contribution in [2.24, 2.45) is 0 Å². The van der Waals surface area contributed by atoms with Crippen molar-refractivity contribution >= 4 is 17.1 Å². The lowest BCUT2D eigenvalue weighted by Crippen LogP contribution is -2.31. The Kier molecular flexibility index (Phi) is 8.53. The highest BCUT2D eigenvalue weighted by Crippen LogP contribution is 2.46. The molecule has 50 heavy (non-hydrogen) atoms.